The summed E-state index contributed by atoms with van der Waals surface area (Å²) in [5.74, 6) is 0.520. The van der Waals surface area contributed by atoms with Crippen LogP contribution in [0.5, 0.6) is 11.6 Å². The highest BCUT2D eigenvalue weighted by molar-refractivity contribution is 7.23. The van der Waals surface area contributed by atoms with Crippen molar-refractivity contribution in [1.29, 1.82) is 0 Å². The van der Waals surface area contributed by atoms with Crippen LogP contribution in [0.4, 0.5) is 5.13 Å². The molecule has 0 bridgehead atoms. The standard InChI is InChI=1S/C20H18ClN5O3S/c1-25-11-13(18(24-25)29-3)19(27)26(10-12-6-4-5-9-22-12)20-23-16-15(28-2)8-7-14(21)17(16)30-20/h4-9,11H,10H2,1-3H3. The summed E-state index contributed by atoms with van der Waals surface area (Å²) in [6.45, 7) is 0.220. The number of ether oxygens (including phenoxy) is 2. The highest BCUT2D eigenvalue weighted by Gasteiger charge is 2.27. The van der Waals surface area contributed by atoms with Crippen molar-refractivity contribution in [2.75, 3.05) is 19.1 Å². The second-order valence-electron chi connectivity index (χ2n) is 6.36. The number of carbonyl (C=O) groups excluding carboxylic acids is 1. The summed E-state index contributed by atoms with van der Waals surface area (Å²) in [6, 6.07) is 9.04. The molecule has 154 valence electrons. The van der Waals surface area contributed by atoms with Crippen molar-refractivity contribution < 1.29 is 14.3 Å². The fraction of sp³-hybridized carbons (Fsp3) is 0.200. The lowest BCUT2D eigenvalue weighted by atomic mass is 10.2. The Balaban J connectivity index is 1.84. The van der Waals surface area contributed by atoms with Crippen LogP contribution >= 0.6 is 22.9 Å². The van der Waals surface area contributed by atoms with E-state index in [2.05, 4.69) is 15.1 Å². The number of nitrogens with zero attached hydrogens (tertiary/aromatic N) is 5. The number of amides is 1. The number of hydrogen-bond acceptors (Lipinski definition) is 7. The molecule has 4 rings (SSSR count). The Morgan fingerprint density at radius 3 is 2.77 bits per heavy atom. The fourth-order valence-electron chi connectivity index (χ4n) is 3.01. The summed E-state index contributed by atoms with van der Waals surface area (Å²) in [5, 5.41) is 5.20. The summed E-state index contributed by atoms with van der Waals surface area (Å²) in [4.78, 5) is 24.1. The van der Waals surface area contributed by atoms with E-state index >= 15 is 0 Å². The van der Waals surface area contributed by atoms with Crippen LogP contribution in [-0.2, 0) is 13.6 Å². The highest BCUT2D eigenvalue weighted by atomic mass is 35.5. The first-order valence-corrected chi connectivity index (χ1v) is 10.1. The molecule has 0 N–H and O–H groups in total. The number of hydrogen-bond donors (Lipinski definition) is 0. The van der Waals surface area contributed by atoms with Crippen molar-refractivity contribution >= 4 is 44.2 Å². The molecule has 0 unspecified atom stereocenters. The number of aromatic nitrogens is 4. The van der Waals surface area contributed by atoms with Crippen molar-refractivity contribution in [2.45, 2.75) is 6.54 Å². The minimum atomic E-state index is -0.306. The lowest BCUT2D eigenvalue weighted by Gasteiger charge is -2.19. The molecule has 1 aromatic carbocycles. The van der Waals surface area contributed by atoms with Crippen LogP contribution in [0.25, 0.3) is 10.2 Å². The van der Waals surface area contributed by atoms with Gasteiger partial charge < -0.3 is 9.47 Å². The third kappa shape index (κ3) is 3.69. The third-order valence-corrected chi connectivity index (χ3v) is 5.95. The largest absolute Gasteiger partial charge is 0.494 e. The third-order valence-electron chi connectivity index (χ3n) is 4.41. The average Bonchev–Trinajstić information content (AvgIpc) is 3.37. The van der Waals surface area contributed by atoms with Crippen LogP contribution in [0.1, 0.15) is 16.1 Å². The quantitative estimate of drug-likeness (QED) is 0.449. The molecule has 0 fully saturated rings. The molecule has 0 saturated heterocycles. The number of anilines is 1. The number of aryl methyl sites for hydroxylation is 1. The van der Waals surface area contributed by atoms with Crippen LogP contribution in [0, 0.1) is 0 Å². The lowest BCUT2D eigenvalue weighted by molar-refractivity contribution is 0.0982. The molecule has 0 aliphatic rings. The molecule has 0 saturated carbocycles. The number of carbonyl (C=O) groups is 1. The van der Waals surface area contributed by atoms with Gasteiger partial charge in [0.05, 0.1) is 36.2 Å². The van der Waals surface area contributed by atoms with Crippen molar-refractivity contribution in [2.24, 2.45) is 7.05 Å². The molecule has 0 aliphatic carbocycles. The summed E-state index contributed by atoms with van der Waals surface area (Å²) in [7, 11) is 4.77. The zero-order chi connectivity index (χ0) is 21.3. The van der Waals surface area contributed by atoms with E-state index in [9.17, 15) is 4.79 Å². The molecule has 1 amide bonds. The van der Waals surface area contributed by atoms with Gasteiger partial charge in [-0.3, -0.25) is 19.4 Å². The Morgan fingerprint density at radius 2 is 2.07 bits per heavy atom. The van der Waals surface area contributed by atoms with Crippen molar-refractivity contribution in [1.82, 2.24) is 19.7 Å². The number of rotatable bonds is 6. The van der Waals surface area contributed by atoms with Crippen molar-refractivity contribution in [3.63, 3.8) is 0 Å². The predicted molar refractivity (Wildman–Crippen MR) is 116 cm³/mol. The van der Waals surface area contributed by atoms with Gasteiger partial charge in [-0.25, -0.2) is 4.98 Å². The maximum atomic E-state index is 13.5. The summed E-state index contributed by atoms with van der Waals surface area (Å²) < 4.78 is 13.0. The molecule has 0 spiro atoms. The molecule has 4 aromatic rings. The monoisotopic (exact) mass is 443 g/mol. The zero-order valence-corrected chi connectivity index (χ0v) is 18.1. The smallest absolute Gasteiger partial charge is 0.267 e. The molecule has 10 heteroatoms. The van der Waals surface area contributed by atoms with E-state index in [4.69, 9.17) is 21.1 Å². The number of methoxy groups -OCH3 is 2. The zero-order valence-electron chi connectivity index (χ0n) is 16.5. The Bertz CT molecular complexity index is 1210. The molecule has 0 radical (unpaired) electrons. The molecular weight excluding hydrogens is 426 g/mol. The molecule has 3 aromatic heterocycles. The SMILES string of the molecule is COc1nn(C)cc1C(=O)N(Cc1ccccn1)c1nc2c(OC)ccc(Cl)c2s1. The average molecular weight is 444 g/mol. The van der Waals surface area contributed by atoms with Gasteiger partial charge in [0, 0.05) is 19.4 Å². The van der Waals surface area contributed by atoms with Gasteiger partial charge >= 0.3 is 0 Å². The molecule has 30 heavy (non-hydrogen) atoms. The Labute approximate surface area is 181 Å². The summed E-state index contributed by atoms with van der Waals surface area (Å²) in [6.07, 6.45) is 3.30. The fourth-order valence-corrected chi connectivity index (χ4v) is 4.27. The van der Waals surface area contributed by atoms with Crippen molar-refractivity contribution in [3.05, 3.63) is 59.0 Å². The summed E-state index contributed by atoms with van der Waals surface area (Å²) >= 11 is 7.69. The first-order valence-electron chi connectivity index (χ1n) is 8.94. The first-order chi connectivity index (χ1) is 14.5. The number of fused-ring (bicyclic) bond motifs is 1. The van der Waals surface area contributed by atoms with Crippen LogP contribution in [0.3, 0.4) is 0 Å². The molecule has 0 aliphatic heterocycles. The van der Waals surface area contributed by atoms with Gasteiger partial charge in [-0.2, -0.15) is 0 Å². The van der Waals surface area contributed by atoms with E-state index in [1.54, 1.807) is 43.6 Å². The normalized spacial score (nSPS) is 10.9. The number of halogens is 1. The second kappa shape index (κ2) is 8.29. The van der Waals surface area contributed by atoms with E-state index in [0.29, 0.717) is 32.7 Å². The van der Waals surface area contributed by atoms with Gasteiger partial charge in [-0.15, -0.1) is 5.10 Å². The maximum Gasteiger partial charge on any atom is 0.267 e. The Hall–Kier alpha value is -3.17. The lowest BCUT2D eigenvalue weighted by Crippen LogP contribution is -2.30. The number of thiazole rings is 1. The molecule has 8 nitrogen and oxygen atoms in total. The van der Waals surface area contributed by atoms with Gasteiger partial charge in [0.2, 0.25) is 5.88 Å². The van der Waals surface area contributed by atoms with Gasteiger partial charge in [-0.1, -0.05) is 29.0 Å². The maximum absolute atomic E-state index is 13.5. The van der Waals surface area contributed by atoms with Gasteiger partial charge in [0.1, 0.15) is 16.8 Å². The topological polar surface area (TPSA) is 82.4 Å². The van der Waals surface area contributed by atoms with Crippen LogP contribution in [0.2, 0.25) is 5.02 Å². The van der Waals surface area contributed by atoms with Gasteiger partial charge in [0.25, 0.3) is 5.91 Å². The van der Waals surface area contributed by atoms with E-state index in [0.717, 1.165) is 4.70 Å². The first kappa shape index (κ1) is 20.1. The molecule has 3 heterocycles. The highest BCUT2D eigenvalue weighted by Crippen LogP contribution is 2.39. The molecular formula is C20H18ClN5O3S. The van der Waals surface area contributed by atoms with Crippen molar-refractivity contribution in [3.8, 4) is 11.6 Å². The molecule has 0 atom stereocenters. The van der Waals surface area contributed by atoms with Crippen LogP contribution in [-0.4, -0.2) is 39.9 Å². The number of benzene rings is 1. The minimum Gasteiger partial charge on any atom is -0.494 e. The summed E-state index contributed by atoms with van der Waals surface area (Å²) in [5.41, 5.74) is 1.64. The Morgan fingerprint density at radius 1 is 1.23 bits per heavy atom. The van der Waals surface area contributed by atoms with Gasteiger partial charge in [-0.05, 0) is 24.3 Å². The van der Waals surface area contributed by atoms with E-state index in [1.165, 1.54) is 23.1 Å². The minimum absolute atomic E-state index is 0.220. The van der Waals surface area contributed by atoms with Crippen LogP contribution in [0.15, 0.2) is 42.7 Å². The van der Waals surface area contributed by atoms with E-state index in [1.807, 2.05) is 18.2 Å². The Kier molecular flexibility index (Phi) is 5.56. The number of pyridine rings is 1. The van der Waals surface area contributed by atoms with E-state index < -0.39 is 0 Å². The van der Waals surface area contributed by atoms with Crippen LogP contribution < -0.4 is 14.4 Å². The second-order valence-corrected chi connectivity index (χ2v) is 7.75. The van der Waals surface area contributed by atoms with Gasteiger partial charge in [0.15, 0.2) is 5.13 Å². The van der Waals surface area contributed by atoms with E-state index in [-0.39, 0.29) is 18.3 Å². The predicted octanol–water partition coefficient (Wildman–Crippen LogP) is 3.94.